The number of ether oxygens (including phenoxy) is 3. The Morgan fingerprint density at radius 1 is 1.09 bits per heavy atom. The number of hydrogen-bond donors (Lipinski definition) is 0. The van der Waals surface area contributed by atoms with Gasteiger partial charge in [-0.05, 0) is 48.2 Å². The first-order valence-electron chi connectivity index (χ1n) is 9.66. The lowest BCUT2D eigenvalue weighted by Crippen LogP contribution is -2.45. The molecule has 0 fully saturated rings. The van der Waals surface area contributed by atoms with E-state index < -0.39 is 29.0 Å². The first kappa shape index (κ1) is 23.5. The van der Waals surface area contributed by atoms with E-state index >= 15 is 4.39 Å². The summed E-state index contributed by atoms with van der Waals surface area (Å²) in [7, 11) is 2.25. The highest BCUT2D eigenvalue weighted by Gasteiger charge is 2.53. The van der Waals surface area contributed by atoms with E-state index in [0.29, 0.717) is 10.6 Å². The molecule has 2 aromatic carbocycles. The van der Waals surface area contributed by atoms with E-state index in [9.17, 15) is 14.0 Å². The highest BCUT2D eigenvalue weighted by atomic mass is 35.5. The van der Waals surface area contributed by atoms with Crippen molar-refractivity contribution >= 4 is 29.1 Å². The monoisotopic (exact) mass is 462 g/mol. The summed E-state index contributed by atoms with van der Waals surface area (Å²) in [6, 6.07) is 8.65. The Bertz CT molecular complexity index is 1080. The van der Waals surface area contributed by atoms with Gasteiger partial charge in [-0.25, -0.2) is 8.78 Å². The quantitative estimate of drug-likeness (QED) is 0.332. The molecule has 0 bridgehead atoms. The van der Waals surface area contributed by atoms with Crippen LogP contribution in [-0.2, 0) is 25.5 Å². The van der Waals surface area contributed by atoms with Crippen LogP contribution >= 0.6 is 11.6 Å². The van der Waals surface area contributed by atoms with Gasteiger partial charge in [-0.1, -0.05) is 29.8 Å². The van der Waals surface area contributed by atoms with Crippen molar-refractivity contribution in [2.75, 3.05) is 20.8 Å². The number of esters is 2. The molecule has 0 spiro atoms. The maximum absolute atomic E-state index is 15.0. The molecule has 2 aromatic rings. The van der Waals surface area contributed by atoms with E-state index in [1.807, 2.05) is 0 Å². The van der Waals surface area contributed by atoms with Crippen LogP contribution in [0.1, 0.15) is 17.5 Å². The summed E-state index contributed by atoms with van der Waals surface area (Å²) >= 11 is 5.97. The predicted molar refractivity (Wildman–Crippen MR) is 115 cm³/mol. The summed E-state index contributed by atoms with van der Waals surface area (Å²) in [6.45, 7) is 3.29. The molecule has 1 aliphatic rings. The molecular weight excluding hydrogens is 442 g/mol. The molecule has 8 heteroatoms. The molecule has 0 N–H and O–H groups in total. The van der Waals surface area contributed by atoms with Crippen LogP contribution in [0, 0.1) is 17.0 Å². The summed E-state index contributed by atoms with van der Waals surface area (Å²) in [5.41, 5.74) is -1.11. The zero-order chi connectivity index (χ0) is 23.5. The van der Waals surface area contributed by atoms with Crippen molar-refractivity contribution in [1.29, 1.82) is 0 Å². The number of halogens is 3. The number of carbonyl (C=O) groups is 2. The van der Waals surface area contributed by atoms with Crippen LogP contribution in [0.25, 0.3) is 5.57 Å². The van der Waals surface area contributed by atoms with Gasteiger partial charge in [0.25, 0.3) is 0 Å². The average molecular weight is 463 g/mol. The molecular formula is C24H21ClF2O5. The van der Waals surface area contributed by atoms with Crippen molar-refractivity contribution in [3.8, 4) is 5.75 Å². The van der Waals surface area contributed by atoms with Crippen LogP contribution < -0.4 is 4.74 Å². The summed E-state index contributed by atoms with van der Waals surface area (Å²) in [5, 5.41) is 0.498. The van der Waals surface area contributed by atoms with E-state index in [4.69, 9.17) is 25.8 Å². The lowest BCUT2D eigenvalue weighted by molar-refractivity contribution is -0.166. The van der Waals surface area contributed by atoms with Gasteiger partial charge in [0.1, 0.15) is 12.4 Å². The fourth-order valence-electron chi connectivity index (χ4n) is 3.90. The largest absolute Gasteiger partial charge is 0.485 e. The molecule has 0 saturated carbocycles. The van der Waals surface area contributed by atoms with Gasteiger partial charge in [-0.2, -0.15) is 0 Å². The highest BCUT2D eigenvalue weighted by molar-refractivity contribution is 6.30. The Kier molecular flexibility index (Phi) is 6.99. The number of benzene rings is 2. The summed E-state index contributed by atoms with van der Waals surface area (Å²) in [5.74, 6) is -3.65. The lowest BCUT2D eigenvalue weighted by atomic mass is 9.72. The van der Waals surface area contributed by atoms with Crippen LogP contribution in [-0.4, -0.2) is 32.8 Å². The third kappa shape index (κ3) is 4.00. The van der Waals surface area contributed by atoms with Gasteiger partial charge in [-0.3, -0.25) is 9.59 Å². The zero-order valence-corrected chi connectivity index (χ0v) is 18.3. The molecule has 32 heavy (non-hydrogen) atoms. The number of hydrogen-bond acceptors (Lipinski definition) is 5. The van der Waals surface area contributed by atoms with E-state index in [0.717, 1.165) is 26.4 Å². The van der Waals surface area contributed by atoms with Gasteiger partial charge in [-0.15, -0.1) is 6.58 Å². The molecule has 0 unspecified atom stereocenters. The number of allylic oxidation sites excluding steroid dienone is 2. The summed E-state index contributed by atoms with van der Waals surface area (Å²) < 4.78 is 44.9. The van der Waals surface area contributed by atoms with Gasteiger partial charge in [0.15, 0.2) is 17.0 Å². The first-order chi connectivity index (χ1) is 15.3. The van der Waals surface area contributed by atoms with Crippen LogP contribution in [0.4, 0.5) is 8.78 Å². The Morgan fingerprint density at radius 2 is 1.69 bits per heavy atom. The minimum absolute atomic E-state index is 0.0656. The normalized spacial score (nSPS) is 13.2. The predicted octanol–water partition coefficient (Wildman–Crippen LogP) is 4.92. The van der Waals surface area contributed by atoms with Crippen molar-refractivity contribution < 1.29 is 32.6 Å². The first-order valence-corrected chi connectivity index (χ1v) is 10.0. The van der Waals surface area contributed by atoms with Gasteiger partial charge < -0.3 is 14.2 Å². The van der Waals surface area contributed by atoms with Gasteiger partial charge in [0.05, 0.1) is 19.8 Å². The lowest BCUT2D eigenvalue weighted by Gasteiger charge is -2.35. The highest BCUT2D eigenvalue weighted by Crippen LogP contribution is 2.47. The minimum atomic E-state index is -1.98. The van der Waals surface area contributed by atoms with E-state index in [2.05, 4.69) is 6.58 Å². The van der Waals surface area contributed by atoms with Crippen molar-refractivity contribution in [1.82, 2.24) is 0 Å². The Hall–Kier alpha value is -3.19. The third-order valence-electron chi connectivity index (χ3n) is 5.41. The molecule has 0 aliphatic carbocycles. The SMILES string of the molecule is C=CCC(C(=O)OC)(C(=O)OC)C1=C(Cc2ccc(Cl)cc2)c2c(F)ccc(F)c2OC1. The molecule has 0 radical (unpaired) electrons. The Labute approximate surface area is 189 Å². The molecule has 1 heterocycles. The van der Waals surface area contributed by atoms with Crippen molar-refractivity contribution in [2.45, 2.75) is 12.8 Å². The smallest absolute Gasteiger partial charge is 0.327 e. The van der Waals surface area contributed by atoms with Crippen LogP contribution in [0.15, 0.2) is 54.6 Å². The topological polar surface area (TPSA) is 61.8 Å². The summed E-state index contributed by atoms with van der Waals surface area (Å²) in [4.78, 5) is 26.0. The molecule has 3 rings (SSSR count). The molecule has 0 aromatic heterocycles. The van der Waals surface area contributed by atoms with Gasteiger partial charge in [0.2, 0.25) is 0 Å². The van der Waals surface area contributed by atoms with Crippen LogP contribution in [0.2, 0.25) is 5.02 Å². The Balaban J connectivity index is 2.38. The molecule has 5 nitrogen and oxygen atoms in total. The summed E-state index contributed by atoms with van der Waals surface area (Å²) in [6.07, 6.45) is 1.23. The Morgan fingerprint density at radius 3 is 2.25 bits per heavy atom. The molecule has 0 saturated heterocycles. The van der Waals surface area contributed by atoms with Crippen molar-refractivity contribution in [2.24, 2.45) is 5.41 Å². The second kappa shape index (κ2) is 9.53. The second-order valence-corrected chi connectivity index (χ2v) is 7.60. The van der Waals surface area contributed by atoms with Crippen molar-refractivity contribution in [3.05, 3.63) is 82.4 Å². The van der Waals surface area contributed by atoms with Crippen LogP contribution in [0.5, 0.6) is 5.75 Å². The van der Waals surface area contributed by atoms with Crippen molar-refractivity contribution in [3.63, 3.8) is 0 Å². The maximum Gasteiger partial charge on any atom is 0.327 e. The van der Waals surface area contributed by atoms with E-state index in [-0.39, 0.29) is 41.9 Å². The number of fused-ring (bicyclic) bond motifs is 1. The molecule has 0 amide bonds. The van der Waals surface area contributed by atoms with Gasteiger partial charge in [0, 0.05) is 10.6 Å². The van der Waals surface area contributed by atoms with Crippen LogP contribution in [0.3, 0.4) is 0 Å². The fraction of sp³-hybridized carbons (Fsp3) is 0.250. The number of rotatable bonds is 7. The van der Waals surface area contributed by atoms with E-state index in [1.54, 1.807) is 24.3 Å². The standard InChI is InChI=1S/C24H21ClF2O5/c1-4-11-24(22(28)30-2,23(29)31-3)17-13-32-21-19(27)10-9-18(26)20(21)16(17)12-14-5-7-15(25)8-6-14/h4-10H,1,11-13H2,2-3H3. The molecule has 1 aliphatic heterocycles. The molecule has 168 valence electrons. The number of methoxy groups -OCH3 is 2. The fourth-order valence-corrected chi connectivity index (χ4v) is 4.03. The zero-order valence-electron chi connectivity index (χ0n) is 17.5. The number of carbonyl (C=O) groups excluding carboxylic acids is 2. The third-order valence-corrected chi connectivity index (χ3v) is 5.67. The van der Waals surface area contributed by atoms with E-state index in [1.165, 1.54) is 6.08 Å². The minimum Gasteiger partial charge on any atom is -0.485 e. The van der Waals surface area contributed by atoms with Gasteiger partial charge >= 0.3 is 11.9 Å². The second-order valence-electron chi connectivity index (χ2n) is 7.16. The molecule has 0 atom stereocenters. The average Bonchev–Trinajstić information content (AvgIpc) is 2.80. The maximum atomic E-state index is 15.0.